The van der Waals surface area contributed by atoms with Gasteiger partial charge in [-0.15, -0.1) is 0 Å². The van der Waals surface area contributed by atoms with Crippen LogP contribution in [0.4, 0.5) is 0 Å². The van der Waals surface area contributed by atoms with E-state index in [1.807, 2.05) is 13.1 Å². The first-order valence-corrected chi connectivity index (χ1v) is 8.75. The monoisotopic (exact) mass is 315 g/mol. The molecule has 23 heavy (non-hydrogen) atoms. The summed E-state index contributed by atoms with van der Waals surface area (Å²) in [6, 6.07) is 6.33. The lowest BCUT2D eigenvalue weighted by Crippen LogP contribution is -2.41. The minimum Gasteiger partial charge on any atom is -0.496 e. The summed E-state index contributed by atoms with van der Waals surface area (Å²) < 4.78 is 5.44. The Hall–Kier alpha value is -1.71. The Labute approximate surface area is 139 Å². The lowest BCUT2D eigenvalue weighted by Gasteiger charge is -2.18. The molecule has 0 unspecified atom stereocenters. The van der Waals surface area contributed by atoms with Crippen molar-refractivity contribution in [3.63, 3.8) is 0 Å². The minimum atomic E-state index is 0.595. The van der Waals surface area contributed by atoms with Gasteiger partial charge in [-0.05, 0) is 62.0 Å². The molecule has 1 aromatic rings. The number of hydrogen-bond donors (Lipinski definition) is 2. The van der Waals surface area contributed by atoms with Gasteiger partial charge in [-0.3, -0.25) is 4.99 Å². The molecule has 0 heterocycles. The maximum atomic E-state index is 5.44. The van der Waals surface area contributed by atoms with E-state index in [2.05, 4.69) is 34.7 Å². The smallest absolute Gasteiger partial charge is 0.191 e. The number of rotatable bonds is 7. The summed E-state index contributed by atoms with van der Waals surface area (Å²) in [7, 11) is 3.58. The molecule has 1 aromatic carbocycles. The van der Waals surface area contributed by atoms with Crippen molar-refractivity contribution in [1.82, 2.24) is 10.6 Å². The molecule has 0 amide bonds. The normalized spacial score (nSPS) is 19.3. The Kier molecular flexibility index (Phi) is 4.79. The number of methoxy groups -OCH3 is 1. The molecule has 126 valence electrons. The Bertz CT molecular complexity index is 574. The van der Waals surface area contributed by atoms with Crippen LogP contribution < -0.4 is 15.4 Å². The van der Waals surface area contributed by atoms with Crippen LogP contribution in [0.25, 0.3) is 0 Å². The molecule has 2 N–H and O–H groups in total. The zero-order chi connectivity index (χ0) is 16.3. The van der Waals surface area contributed by atoms with E-state index in [0.29, 0.717) is 5.41 Å². The number of aryl methyl sites for hydroxylation is 1. The van der Waals surface area contributed by atoms with E-state index in [9.17, 15) is 0 Å². The van der Waals surface area contributed by atoms with Crippen molar-refractivity contribution in [1.29, 1.82) is 0 Å². The van der Waals surface area contributed by atoms with Crippen molar-refractivity contribution >= 4 is 5.96 Å². The number of benzene rings is 1. The van der Waals surface area contributed by atoms with Gasteiger partial charge in [0.1, 0.15) is 5.75 Å². The molecule has 4 heteroatoms. The predicted octanol–water partition coefficient (Wildman–Crippen LogP) is 2.90. The summed E-state index contributed by atoms with van der Waals surface area (Å²) in [5, 5.41) is 6.96. The highest BCUT2D eigenvalue weighted by Crippen LogP contribution is 2.60. The van der Waals surface area contributed by atoms with Gasteiger partial charge in [-0.1, -0.05) is 17.7 Å². The van der Waals surface area contributed by atoms with Crippen molar-refractivity contribution in [3.8, 4) is 5.75 Å². The van der Waals surface area contributed by atoms with Crippen molar-refractivity contribution in [2.75, 3.05) is 27.2 Å². The maximum Gasteiger partial charge on any atom is 0.191 e. The Morgan fingerprint density at radius 3 is 2.70 bits per heavy atom. The molecule has 0 aliphatic heterocycles. The van der Waals surface area contributed by atoms with E-state index in [-0.39, 0.29) is 0 Å². The molecular weight excluding hydrogens is 286 g/mol. The van der Waals surface area contributed by atoms with Crippen LogP contribution in [0, 0.1) is 18.3 Å². The van der Waals surface area contributed by atoms with Gasteiger partial charge < -0.3 is 15.4 Å². The minimum absolute atomic E-state index is 0.595. The molecule has 0 spiro atoms. The second-order valence-corrected chi connectivity index (χ2v) is 7.05. The third-order valence-electron chi connectivity index (χ3n) is 5.29. The van der Waals surface area contributed by atoms with Crippen LogP contribution >= 0.6 is 0 Å². The fraction of sp³-hybridized carbons (Fsp3) is 0.632. The summed E-state index contributed by atoms with van der Waals surface area (Å²) in [6.45, 7) is 4.05. The van der Waals surface area contributed by atoms with Crippen LogP contribution in [0.5, 0.6) is 5.75 Å². The number of hydrogen-bond acceptors (Lipinski definition) is 2. The second-order valence-electron chi connectivity index (χ2n) is 7.05. The molecule has 2 aliphatic carbocycles. The molecular formula is C19H29N3O. The van der Waals surface area contributed by atoms with Gasteiger partial charge in [0, 0.05) is 20.1 Å². The maximum absolute atomic E-state index is 5.44. The van der Waals surface area contributed by atoms with Gasteiger partial charge in [0.2, 0.25) is 0 Å². The van der Waals surface area contributed by atoms with Crippen LogP contribution in [0.3, 0.4) is 0 Å². The Balaban J connectivity index is 1.46. The molecule has 2 fully saturated rings. The summed E-state index contributed by atoms with van der Waals surface area (Å²) in [5.74, 6) is 2.86. The standard InChI is InChI=1S/C19H29N3O/c1-14-4-7-17(23-3)15(12-14)8-11-21-18(20-2)22-13-19(9-10-19)16-5-6-16/h4,7,12,16H,5-6,8-11,13H2,1-3H3,(H2,20,21,22). The predicted molar refractivity (Wildman–Crippen MR) is 95.2 cm³/mol. The van der Waals surface area contributed by atoms with Crippen LogP contribution in [0.1, 0.15) is 36.8 Å². The summed E-state index contributed by atoms with van der Waals surface area (Å²) in [5.41, 5.74) is 3.10. The van der Waals surface area contributed by atoms with Crippen LogP contribution in [-0.4, -0.2) is 33.2 Å². The van der Waals surface area contributed by atoms with E-state index in [1.165, 1.54) is 36.8 Å². The highest BCUT2D eigenvalue weighted by Gasteiger charge is 2.53. The zero-order valence-electron chi connectivity index (χ0n) is 14.6. The van der Waals surface area contributed by atoms with Crippen molar-refractivity contribution in [3.05, 3.63) is 29.3 Å². The average Bonchev–Trinajstić information content (AvgIpc) is 3.44. The number of nitrogens with one attached hydrogen (secondary N) is 2. The fourth-order valence-corrected chi connectivity index (χ4v) is 3.48. The van der Waals surface area contributed by atoms with E-state index >= 15 is 0 Å². The topological polar surface area (TPSA) is 45.7 Å². The van der Waals surface area contributed by atoms with Crippen LogP contribution in [0.2, 0.25) is 0 Å². The van der Waals surface area contributed by atoms with Crippen molar-refractivity contribution < 1.29 is 4.74 Å². The fourth-order valence-electron chi connectivity index (χ4n) is 3.48. The van der Waals surface area contributed by atoms with Gasteiger partial charge in [-0.2, -0.15) is 0 Å². The SMILES string of the molecule is CN=C(NCCc1cc(C)ccc1OC)NCC1(C2CC2)CC1. The van der Waals surface area contributed by atoms with Gasteiger partial charge in [-0.25, -0.2) is 0 Å². The summed E-state index contributed by atoms with van der Waals surface area (Å²) in [6.07, 6.45) is 6.57. The van der Waals surface area contributed by atoms with E-state index < -0.39 is 0 Å². The Morgan fingerprint density at radius 1 is 1.30 bits per heavy atom. The van der Waals surface area contributed by atoms with Gasteiger partial charge in [0.05, 0.1) is 7.11 Å². The van der Waals surface area contributed by atoms with Crippen LogP contribution in [0.15, 0.2) is 23.2 Å². The molecule has 2 aliphatic rings. The lowest BCUT2D eigenvalue weighted by molar-refractivity contribution is 0.409. The molecule has 0 aromatic heterocycles. The largest absolute Gasteiger partial charge is 0.496 e. The quantitative estimate of drug-likeness (QED) is 0.601. The highest BCUT2D eigenvalue weighted by molar-refractivity contribution is 5.79. The van der Waals surface area contributed by atoms with Crippen molar-refractivity contribution in [2.45, 2.75) is 39.0 Å². The average molecular weight is 315 g/mol. The summed E-state index contributed by atoms with van der Waals surface area (Å²) >= 11 is 0. The van der Waals surface area contributed by atoms with E-state index in [1.54, 1.807) is 7.11 Å². The summed E-state index contributed by atoms with van der Waals surface area (Å²) in [4.78, 5) is 4.35. The molecule has 4 nitrogen and oxygen atoms in total. The first-order valence-electron chi connectivity index (χ1n) is 8.75. The van der Waals surface area contributed by atoms with Gasteiger partial charge >= 0.3 is 0 Å². The number of guanidine groups is 1. The second kappa shape index (κ2) is 6.81. The highest BCUT2D eigenvalue weighted by atomic mass is 16.5. The molecule has 0 saturated heterocycles. The van der Waals surface area contributed by atoms with Gasteiger partial charge in [0.15, 0.2) is 5.96 Å². The van der Waals surface area contributed by atoms with Crippen molar-refractivity contribution in [2.24, 2.45) is 16.3 Å². The first kappa shape index (κ1) is 16.2. The van der Waals surface area contributed by atoms with E-state index in [0.717, 1.165) is 37.1 Å². The molecule has 0 radical (unpaired) electrons. The number of ether oxygens (including phenoxy) is 1. The molecule has 2 saturated carbocycles. The van der Waals surface area contributed by atoms with Gasteiger partial charge in [0.25, 0.3) is 0 Å². The Morgan fingerprint density at radius 2 is 2.09 bits per heavy atom. The third kappa shape index (κ3) is 3.98. The third-order valence-corrected chi connectivity index (χ3v) is 5.29. The first-order chi connectivity index (χ1) is 11.2. The molecule has 3 rings (SSSR count). The molecule has 0 atom stereocenters. The number of aliphatic imine (C=N–C) groups is 1. The molecule has 0 bridgehead atoms. The number of nitrogens with zero attached hydrogens (tertiary/aromatic N) is 1. The van der Waals surface area contributed by atoms with Crippen LogP contribution in [-0.2, 0) is 6.42 Å². The van der Waals surface area contributed by atoms with E-state index in [4.69, 9.17) is 4.74 Å². The lowest BCUT2D eigenvalue weighted by atomic mass is 10.0. The zero-order valence-corrected chi connectivity index (χ0v) is 14.6.